The van der Waals surface area contributed by atoms with Crippen LogP contribution in [0.2, 0.25) is 5.02 Å². The third kappa shape index (κ3) is 4.56. The first kappa shape index (κ1) is 17.0. The second-order valence-corrected chi connectivity index (χ2v) is 6.02. The number of H-pyrrole nitrogens is 1. The predicted molar refractivity (Wildman–Crippen MR) is 88.5 cm³/mol. The summed E-state index contributed by atoms with van der Waals surface area (Å²) < 4.78 is 1.15. The first-order valence-electron chi connectivity index (χ1n) is 7.21. The van der Waals surface area contributed by atoms with Crippen molar-refractivity contribution < 1.29 is 4.79 Å². The van der Waals surface area contributed by atoms with Crippen molar-refractivity contribution >= 4 is 17.5 Å². The van der Waals surface area contributed by atoms with Gasteiger partial charge in [0.15, 0.2) is 0 Å². The summed E-state index contributed by atoms with van der Waals surface area (Å²) in [5.41, 5.74) is -0.167. The first-order valence-corrected chi connectivity index (χ1v) is 7.59. The summed E-state index contributed by atoms with van der Waals surface area (Å²) in [6.45, 7) is 3.82. The van der Waals surface area contributed by atoms with Gasteiger partial charge in [-0.1, -0.05) is 37.6 Å². The molecule has 0 saturated carbocycles. The summed E-state index contributed by atoms with van der Waals surface area (Å²) in [7, 11) is 0. The maximum Gasteiger partial charge on any atom is 0.328 e. The van der Waals surface area contributed by atoms with E-state index < -0.39 is 11.2 Å². The zero-order valence-corrected chi connectivity index (χ0v) is 13.6. The Morgan fingerprint density at radius 2 is 1.87 bits per heavy atom. The number of carbonyl (C=O) groups is 1. The minimum Gasteiger partial charge on any atom is -0.347 e. The van der Waals surface area contributed by atoms with E-state index in [0.29, 0.717) is 5.02 Å². The fraction of sp³-hybridized carbons (Fsp3) is 0.312. The van der Waals surface area contributed by atoms with Gasteiger partial charge in [-0.25, -0.2) is 4.79 Å². The van der Waals surface area contributed by atoms with Crippen LogP contribution in [-0.2, 0) is 11.3 Å². The molecule has 1 amide bonds. The Labute approximate surface area is 138 Å². The van der Waals surface area contributed by atoms with Crippen LogP contribution in [0.4, 0.5) is 0 Å². The maximum atomic E-state index is 12.2. The molecule has 6 nitrogen and oxygen atoms in total. The van der Waals surface area contributed by atoms with Crippen molar-refractivity contribution in [2.24, 2.45) is 5.92 Å². The van der Waals surface area contributed by atoms with Crippen LogP contribution >= 0.6 is 11.6 Å². The average Bonchev–Trinajstić information content (AvgIpc) is 2.48. The van der Waals surface area contributed by atoms with Crippen LogP contribution in [0.15, 0.2) is 46.1 Å². The van der Waals surface area contributed by atoms with Crippen LogP contribution in [0, 0.1) is 5.92 Å². The highest BCUT2D eigenvalue weighted by atomic mass is 35.5. The lowest BCUT2D eigenvalue weighted by atomic mass is 9.96. The van der Waals surface area contributed by atoms with Crippen molar-refractivity contribution in [3.63, 3.8) is 0 Å². The van der Waals surface area contributed by atoms with E-state index in [0.717, 1.165) is 10.1 Å². The summed E-state index contributed by atoms with van der Waals surface area (Å²) in [5.74, 6) is -0.153. The van der Waals surface area contributed by atoms with E-state index in [9.17, 15) is 14.4 Å². The van der Waals surface area contributed by atoms with Crippen LogP contribution in [0.5, 0.6) is 0 Å². The zero-order valence-electron chi connectivity index (χ0n) is 12.9. The molecule has 0 radical (unpaired) electrons. The molecular formula is C16H18ClN3O3. The molecular weight excluding hydrogens is 318 g/mol. The minimum absolute atomic E-state index is 0.160. The highest BCUT2D eigenvalue weighted by molar-refractivity contribution is 6.30. The number of carbonyl (C=O) groups excluding carboxylic acids is 1. The van der Waals surface area contributed by atoms with Gasteiger partial charge in [-0.2, -0.15) is 0 Å². The van der Waals surface area contributed by atoms with Crippen molar-refractivity contribution in [3.8, 4) is 0 Å². The average molecular weight is 336 g/mol. The van der Waals surface area contributed by atoms with Gasteiger partial charge < -0.3 is 5.32 Å². The van der Waals surface area contributed by atoms with E-state index in [4.69, 9.17) is 11.6 Å². The smallest absolute Gasteiger partial charge is 0.328 e. The molecule has 0 saturated heterocycles. The molecule has 1 heterocycles. The molecule has 0 aliphatic heterocycles. The summed E-state index contributed by atoms with van der Waals surface area (Å²) in [4.78, 5) is 37.0. The number of nitrogens with one attached hydrogen (secondary N) is 2. The van der Waals surface area contributed by atoms with E-state index >= 15 is 0 Å². The molecule has 7 heteroatoms. The lowest BCUT2D eigenvalue weighted by molar-refractivity contribution is -0.122. The van der Waals surface area contributed by atoms with Crippen LogP contribution in [0.3, 0.4) is 0 Å². The highest BCUT2D eigenvalue weighted by Gasteiger charge is 2.18. The fourth-order valence-electron chi connectivity index (χ4n) is 2.25. The Morgan fingerprint density at radius 1 is 1.22 bits per heavy atom. The third-order valence-electron chi connectivity index (χ3n) is 3.42. The van der Waals surface area contributed by atoms with Gasteiger partial charge in [0.2, 0.25) is 5.91 Å². The quantitative estimate of drug-likeness (QED) is 0.872. The number of nitrogens with zero attached hydrogens (tertiary/aromatic N) is 1. The lowest BCUT2D eigenvalue weighted by Gasteiger charge is -2.23. The molecule has 0 spiro atoms. The van der Waals surface area contributed by atoms with Gasteiger partial charge in [0.1, 0.15) is 6.54 Å². The van der Waals surface area contributed by atoms with E-state index in [1.54, 1.807) is 12.1 Å². The van der Waals surface area contributed by atoms with Crippen molar-refractivity contribution in [1.29, 1.82) is 0 Å². The summed E-state index contributed by atoms with van der Waals surface area (Å²) in [6, 6.07) is 8.26. The largest absolute Gasteiger partial charge is 0.347 e. The fourth-order valence-corrected chi connectivity index (χ4v) is 2.37. The van der Waals surface area contributed by atoms with Gasteiger partial charge in [0.05, 0.1) is 6.04 Å². The second-order valence-electron chi connectivity index (χ2n) is 5.58. The molecule has 0 bridgehead atoms. The number of hydrogen-bond acceptors (Lipinski definition) is 3. The van der Waals surface area contributed by atoms with Crippen molar-refractivity contribution in [2.45, 2.75) is 26.4 Å². The third-order valence-corrected chi connectivity index (χ3v) is 3.68. The van der Waals surface area contributed by atoms with Crippen LogP contribution in [-0.4, -0.2) is 15.5 Å². The number of aromatic nitrogens is 2. The van der Waals surface area contributed by atoms with Crippen molar-refractivity contribution in [2.75, 3.05) is 0 Å². The van der Waals surface area contributed by atoms with Gasteiger partial charge >= 0.3 is 5.69 Å². The van der Waals surface area contributed by atoms with E-state index in [-0.39, 0.29) is 24.4 Å². The first-order chi connectivity index (χ1) is 10.9. The standard InChI is InChI=1S/C16H18ClN3O3/c1-10(2)15(11-3-5-12(17)6-4-11)18-14(22)9-20-8-7-13(21)19-16(20)23/h3-8,10,15H,9H2,1-2H3,(H,18,22)(H,19,21,23). The van der Waals surface area contributed by atoms with Gasteiger partial charge in [-0.05, 0) is 23.6 Å². The van der Waals surface area contributed by atoms with E-state index in [1.165, 1.54) is 12.3 Å². The van der Waals surface area contributed by atoms with Crippen molar-refractivity contribution in [1.82, 2.24) is 14.9 Å². The minimum atomic E-state index is -0.611. The molecule has 1 aromatic carbocycles. The SMILES string of the molecule is CC(C)C(NC(=O)Cn1ccc(=O)[nH]c1=O)c1ccc(Cl)cc1. The Balaban J connectivity index is 2.13. The van der Waals surface area contributed by atoms with Gasteiger partial charge in [0.25, 0.3) is 5.56 Å². The van der Waals surface area contributed by atoms with Crippen LogP contribution in [0.25, 0.3) is 0 Å². The number of amides is 1. The maximum absolute atomic E-state index is 12.2. The normalized spacial score (nSPS) is 12.2. The number of rotatable bonds is 5. The molecule has 2 aromatic rings. The molecule has 0 fully saturated rings. The molecule has 0 aliphatic rings. The summed E-state index contributed by atoms with van der Waals surface area (Å²) >= 11 is 5.88. The van der Waals surface area contributed by atoms with E-state index in [1.807, 2.05) is 26.0 Å². The Kier molecular flexibility index (Phi) is 5.39. The topological polar surface area (TPSA) is 84.0 Å². The molecule has 1 aromatic heterocycles. The molecule has 23 heavy (non-hydrogen) atoms. The van der Waals surface area contributed by atoms with Crippen LogP contribution < -0.4 is 16.6 Å². The molecule has 122 valence electrons. The zero-order chi connectivity index (χ0) is 17.0. The number of hydrogen-bond donors (Lipinski definition) is 2. The summed E-state index contributed by atoms with van der Waals surface area (Å²) in [5, 5.41) is 3.54. The van der Waals surface area contributed by atoms with Crippen molar-refractivity contribution in [3.05, 3.63) is 68.0 Å². The molecule has 1 unspecified atom stereocenters. The van der Waals surface area contributed by atoms with Gasteiger partial charge in [0, 0.05) is 17.3 Å². The molecule has 1 atom stereocenters. The number of aromatic amines is 1. The Bertz CT molecular complexity index is 793. The monoisotopic (exact) mass is 335 g/mol. The van der Waals surface area contributed by atoms with Gasteiger partial charge in [-0.15, -0.1) is 0 Å². The molecule has 2 N–H and O–H groups in total. The summed E-state index contributed by atoms with van der Waals surface area (Å²) in [6.07, 6.45) is 1.30. The number of benzene rings is 1. The second kappa shape index (κ2) is 7.28. The number of halogens is 1. The molecule has 2 rings (SSSR count). The predicted octanol–water partition coefficient (Wildman–Crippen LogP) is 1.70. The molecule has 0 aliphatic carbocycles. The van der Waals surface area contributed by atoms with Crippen LogP contribution in [0.1, 0.15) is 25.5 Å². The Morgan fingerprint density at radius 3 is 2.43 bits per heavy atom. The lowest BCUT2D eigenvalue weighted by Crippen LogP contribution is -2.38. The van der Waals surface area contributed by atoms with E-state index in [2.05, 4.69) is 10.3 Å². The van der Waals surface area contributed by atoms with Gasteiger partial charge in [-0.3, -0.25) is 19.1 Å². The Hall–Kier alpha value is -2.34. The highest BCUT2D eigenvalue weighted by Crippen LogP contribution is 2.23.